The Morgan fingerprint density at radius 1 is 1.32 bits per heavy atom. The van der Waals surface area contributed by atoms with Crippen molar-refractivity contribution >= 4 is 23.3 Å². The number of rotatable bonds is 1. The van der Waals surface area contributed by atoms with Gasteiger partial charge >= 0.3 is 0 Å². The normalized spacial score (nSPS) is 19.8. The van der Waals surface area contributed by atoms with Crippen LogP contribution < -0.4 is 4.74 Å². The first kappa shape index (κ1) is 15.3. The van der Waals surface area contributed by atoms with Crippen molar-refractivity contribution in [3.05, 3.63) is 28.8 Å². The summed E-state index contributed by atoms with van der Waals surface area (Å²) in [6, 6.07) is 3.95. The lowest BCUT2D eigenvalue weighted by atomic mass is 9.81. The Labute approximate surface area is 135 Å². The van der Waals surface area contributed by atoms with Gasteiger partial charge in [0.05, 0.1) is 12.0 Å². The summed E-state index contributed by atoms with van der Waals surface area (Å²) in [5.41, 5.74) is 2.31. The van der Waals surface area contributed by atoms with Crippen LogP contribution in [0.2, 0.25) is 0 Å². The van der Waals surface area contributed by atoms with E-state index in [1.54, 1.807) is 4.90 Å². The molecule has 0 radical (unpaired) electrons. The van der Waals surface area contributed by atoms with Crippen molar-refractivity contribution in [1.29, 1.82) is 0 Å². The Morgan fingerprint density at radius 2 is 2.00 bits per heavy atom. The maximum Gasteiger partial charge on any atom is 0.237 e. The summed E-state index contributed by atoms with van der Waals surface area (Å²) in [6.45, 7) is 5.16. The molecule has 4 nitrogen and oxygen atoms in total. The number of amides is 1. The van der Waals surface area contributed by atoms with Crippen molar-refractivity contribution in [2.45, 2.75) is 38.7 Å². The highest BCUT2D eigenvalue weighted by Crippen LogP contribution is 2.41. The van der Waals surface area contributed by atoms with Crippen molar-refractivity contribution in [2.24, 2.45) is 0 Å². The van der Waals surface area contributed by atoms with Crippen LogP contribution in [0.1, 0.15) is 40.7 Å². The molecule has 1 amide bonds. The Balaban J connectivity index is 1.84. The molecule has 0 bridgehead atoms. The number of ketones is 1. The zero-order valence-electron chi connectivity index (χ0n) is 12.9. The third kappa shape index (κ3) is 2.60. The Morgan fingerprint density at radius 3 is 2.64 bits per heavy atom. The number of Topliss-reactive ketones (excluding diaryl/α,β-unsaturated/α-hetero) is 1. The molecular formula is C17H20ClNO3. The fourth-order valence-corrected chi connectivity index (χ4v) is 3.63. The molecule has 1 spiro atoms. The molecule has 0 aromatic heterocycles. The van der Waals surface area contributed by atoms with Gasteiger partial charge in [-0.2, -0.15) is 0 Å². The highest BCUT2D eigenvalue weighted by atomic mass is 35.5. The van der Waals surface area contributed by atoms with Gasteiger partial charge in [0.2, 0.25) is 5.91 Å². The van der Waals surface area contributed by atoms with E-state index in [0.29, 0.717) is 37.9 Å². The molecule has 118 valence electrons. The van der Waals surface area contributed by atoms with Crippen molar-refractivity contribution in [1.82, 2.24) is 4.90 Å². The smallest absolute Gasteiger partial charge is 0.237 e. The van der Waals surface area contributed by atoms with Crippen molar-refractivity contribution in [3.63, 3.8) is 0 Å². The van der Waals surface area contributed by atoms with Crippen molar-refractivity contribution in [3.8, 4) is 5.75 Å². The highest BCUT2D eigenvalue weighted by Gasteiger charge is 2.44. The maximum absolute atomic E-state index is 12.6. The van der Waals surface area contributed by atoms with Gasteiger partial charge in [-0.25, -0.2) is 0 Å². The lowest BCUT2D eigenvalue weighted by Crippen LogP contribution is -2.52. The van der Waals surface area contributed by atoms with E-state index in [1.165, 1.54) is 0 Å². The van der Waals surface area contributed by atoms with Crippen LogP contribution in [-0.2, 0) is 4.79 Å². The van der Waals surface area contributed by atoms with Gasteiger partial charge < -0.3 is 9.64 Å². The van der Waals surface area contributed by atoms with Gasteiger partial charge in [0.1, 0.15) is 17.2 Å². The minimum atomic E-state index is -0.465. The molecule has 2 aliphatic rings. The van der Waals surface area contributed by atoms with E-state index in [1.807, 2.05) is 26.0 Å². The maximum atomic E-state index is 12.6. The molecule has 2 aliphatic heterocycles. The summed E-state index contributed by atoms with van der Waals surface area (Å²) >= 11 is 5.61. The van der Waals surface area contributed by atoms with Crippen LogP contribution >= 0.6 is 11.6 Å². The third-order valence-electron chi connectivity index (χ3n) is 4.66. The number of halogens is 1. The van der Waals surface area contributed by atoms with E-state index in [-0.39, 0.29) is 17.6 Å². The van der Waals surface area contributed by atoms with Crippen LogP contribution in [0, 0.1) is 13.8 Å². The van der Waals surface area contributed by atoms with Crippen LogP contribution in [0.3, 0.4) is 0 Å². The van der Waals surface area contributed by atoms with Crippen LogP contribution in [0.25, 0.3) is 0 Å². The summed E-state index contributed by atoms with van der Waals surface area (Å²) in [4.78, 5) is 26.0. The molecular weight excluding hydrogens is 302 g/mol. The average Bonchev–Trinajstić information content (AvgIpc) is 2.49. The summed E-state index contributed by atoms with van der Waals surface area (Å²) in [7, 11) is 0. The first-order valence-electron chi connectivity index (χ1n) is 7.61. The highest BCUT2D eigenvalue weighted by molar-refractivity contribution is 6.27. The molecule has 5 heteroatoms. The van der Waals surface area contributed by atoms with Crippen LogP contribution in [0.5, 0.6) is 5.75 Å². The van der Waals surface area contributed by atoms with E-state index in [4.69, 9.17) is 16.3 Å². The van der Waals surface area contributed by atoms with E-state index in [0.717, 1.165) is 16.9 Å². The summed E-state index contributed by atoms with van der Waals surface area (Å²) in [5.74, 6) is 0.823. The lowest BCUT2D eigenvalue weighted by molar-refractivity contribution is -0.132. The lowest BCUT2D eigenvalue weighted by Gasteiger charge is -2.44. The third-order valence-corrected chi connectivity index (χ3v) is 4.89. The number of piperidine rings is 1. The standard InChI is InChI=1S/C17H20ClNO3/c1-11-7-12(2)16-13(8-11)14(20)9-17(22-16)3-5-19(6-4-17)15(21)10-18/h7-8H,3-6,9-10H2,1-2H3. The SMILES string of the molecule is Cc1cc(C)c2c(c1)C(=O)CC1(CCN(C(=O)CCl)CC1)O2. The monoisotopic (exact) mass is 321 g/mol. The van der Waals surface area contributed by atoms with Crippen molar-refractivity contribution < 1.29 is 14.3 Å². The Bertz CT molecular complexity index is 633. The van der Waals surface area contributed by atoms with Gasteiger partial charge in [-0.3, -0.25) is 9.59 Å². The molecule has 1 aromatic carbocycles. The van der Waals surface area contributed by atoms with Gasteiger partial charge in [-0.05, 0) is 31.0 Å². The van der Waals surface area contributed by atoms with E-state index >= 15 is 0 Å². The van der Waals surface area contributed by atoms with Gasteiger partial charge in [0.25, 0.3) is 0 Å². The van der Waals surface area contributed by atoms with E-state index in [2.05, 4.69) is 0 Å². The molecule has 1 fully saturated rings. The number of carbonyl (C=O) groups excluding carboxylic acids is 2. The number of alkyl halides is 1. The molecule has 0 N–H and O–H groups in total. The molecule has 22 heavy (non-hydrogen) atoms. The average molecular weight is 322 g/mol. The molecule has 1 saturated heterocycles. The number of likely N-dealkylation sites (tertiary alicyclic amines) is 1. The summed E-state index contributed by atoms with van der Waals surface area (Å²) in [5, 5.41) is 0. The topological polar surface area (TPSA) is 46.6 Å². The largest absolute Gasteiger partial charge is 0.486 e. The fourth-order valence-electron chi connectivity index (χ4n) is 3.46. The number of aryl methyl sites for hydroxylation is 2. The fraction of sp³-hybridized carbons (Fsp3) is 0.529. The second kappa shape index (κ2) is 5.58. The molecule has 2 heterocycles. The minimum absolute atomic E-state index is 0.00794. The zero-order chi connectivity index (χ0) is 15.9. The van der Waals surface area contributed by atoms with Gasteiger partial charge in [0.15, 0.2) is 5.78 Å². The second-order valence-corrected chi connectivity index (χ2v) is 6.63. The van der Waals surface area contributed by atoms with E-state index in [9.17, 15) is 9.59 Å². The van der Waals surface area contributed by atoms with E-state index < -0.39 is 5.60 Å². The summed E-state index contributed by atoms with van der Waals surface area (Å²) < 4.78 is 6.29. The number of nitrogens with zero attached hydrogens (tertiary/aromatic N) is 1. The van der Waals surface area contributed by atoms with Gasteiger partial charge in [-0.1, -0.05) is 6.07 Å². The molecule has 0 saturated carbocycles. The zero-order valence-corrected chi connectivity index (χ0v) is 13.7. The molecule has 0 aliphatic carbocycles. The first-order valence-corrected chi connectivity index (χ1v) is 8.15. The number of ether oxygens (including phenoxy) is 1. The second-order valence-electron chi connectivity index (χ2n) is 6.36. The van der Waals surface area contributed by atoms with Gasteiger partial charge in [-0.15, -0.1) is 11.6 Å². The first-order chi connectivity index (χ1) is 10.4. The summed E-state index contributed by atoms with van der Waals surface area (Å²) in [6.07, 6.45) is 1.74. The minimum Gasteiger partial charge on any atom is -0.486 e. The quantitative estimate of drug-likeness (QED) is 0.747. The van der Waals surface area contributed by atoms with Crippen LogP contribution in [-0.4, -0.2) is 41.2 Å². The molecule has 3 rings (SSSR count). The number of benzene rings is 1. The van der Waals surface area contributed by atoms with Crippen LogP contribution in [0.4, 0.5) is 0 Å². The Kier molecular flexibility index (Phi) is 3.89. The predicted octanol–water partition coefficient (Wildman–Crippen LogP) is 2.87. The number of hydrogen-bond acceptors (Lipinski definition) is 3. The molecule has 1 aromatic rings. The Hall–Kier alpha value is -1.55. The molecule has 0 atom stereocenters. The molecule has 0 unspecified atom stereocenters. The van der Waals surface area contributed by atoms with Crippen molar-refractivity contribution in [2.75, 3.05) is 19.0 Å². The van der Waals surface area contributed by atoms with Crippen LogP contribution in [0.15, 0.2) is 12.1 Å². The number of fused-ring (bicyclic) bond motifs is 1. The van der Waals surface area contributed by atoms with Gasteiger partial charge in [0, 0.05) is 25.9 Å². The number of hydrogen-bond donors (Lipinski definition) is 0. The predicted molar refractivity (Wildman–Crippen MR) is 84.8 cm³/mol. The number of carbonyl (C=O) groups is 2.